The average molecular weight is 266 g/mol. The van der Waals surface area contributed by atoms with Gasteiger partial charge in [-0.1, -0.05) is 5.16 Å². The third-order valence-corrected chi connectivity index (χ3v) is 2.23. The summed E-state index contributed by atoms with van der Waals surface area (Å²) in [6, 6.07) is 5.70. The number of nitro benzene ring substituents is 1. The van der Waals surface area contributed by atoms with Gasteiger partial charge in [0.15, 0.2) is 0 Å². The number of esters is 1. The standard InChI is InChI=1S/C12H14N2O5/c1-3-19-12(15)8-11(13-18-2)9-4-6-10(7-5-9)14(16)17/h4-7H,3,8H2,1-2H3/b13-11+. The molecule has 0 N–H and O–H groups in total. The zero-order chi connectivity index (χ0) is 14.3. The van der Waals surface area contributed by atoms with Gasteiger partial charge in [0.25, 0.3) is 5.69 Å². The summed E-state index contributed by atoms with van der Waals surface area (Å²) in [6.07, 6.45) is -0.0561. The molecule has 0 fully saturated rings. The normalized spacial score (nSPS) is 10.9. The Morgan fingerprint density at radius 3 is 2.47 bits per heavy atom. The minimum absolute atomic E-state index is 0.0309. The molecule has 1 aromatic rings. The molecule has 0 radical (unpaired) electrons. The van der Waals surface area contributed by atoms with Gasteiger partial charge in [0.05, 0.1) is 23.7 Å². The van der Waals surface area contributed by atoms with Crippen LogP contribution in [0.1, 0.15) is 18.9 Å². The van der Waals surface area contributed by atoms with Crippen molar-refractivity contribution in [3.8, 4) is 0 Å². The molecular weight excluding hydrogens is 252 g/mol. The molecule has 0 heterocycles. The van der Waals surface area contributed by atoms with Crippen molar-refractivity contribution < 1.29 is 19.3 Å². The number of ether oxygens (including phenoxy) is 1. The quantitative estimate of drug-likeness (QED) is 0.339. The van der Waals surface area contributed by atoms with Crippen molar-refractivity contribution in [3.63, 3.8) is 0 Å². The average Bonchev–Trinajstić information content (AvgIpc) is 2.38. The van der Waals surface area contributed by atoms with E-state index in [4.69, 9.17) is 4.74 Å². The van der Waals surface area contributed by atoms with Gasteiger partial charge >= 0.3 is 5.97 Å². The molecule has 0 aliphatic carbocycles. The summed E-state index contributed by atoms with van der Waals surface area (Å²) in [4.78, 5) is 26.1. The van der Waals surface area contributed by atoms with Crippen LogP contribution < -0.4 is 0 Å². The number of hydrogen-bond donors (Lipinski definition) is 0. The maximum absolute atomic E-state index is 11.4. The number of nitrogens with zero attached hydrogens (tertiary/aromatic N) is 2. The number of carbonyl (C=O) groups is 1. The Balaban J connectivity index is 2.90. The molecule has 0 aliphatic rings. The summed E-state index contributed by atoms with van der Waals surface area (Å²) < 4.78 is 4.82. The van der Waals surface area contributed by atoms with Crippen molar-refractivity contribution in [3.05, 3.63) is 39.9 Å². The van der Waals surface area contributed by atoms with Gasteiger partial charge in [-0.25, -0.2) is 0 Å². The van der Waals surface area contributed by atoms with Gasteiger partial charge < -0.3 is 9.57 Å². The summed E-state index contributed by atoms with van der Waals surface area (Å²) >= 11 is 0. The predicted molar refractivity (Wildman–Crippen MR) is 67.9 cm³/mol. The monoisotopic (exact) mass is 266 g/mol. The molecule has 0 saturated carbocycles. The highest BCUT2D eigenvalue weighted by Gasteiger charge is 2.13. The first-order valence-electron chi connectivity index (χ1n) is 5.59. The lowest BCUT2D eigenvalue weighted by atomic mass is 10.1. The van der Waals surface area contributed by atoms with Crippen molar-refractivity contribution in [1.82, 2.24) is 0 Å². The first kappa shape index (κ1) is 14.6. The lowest BCUT2D eigenvalue weighted by Gasteiger charge is -2.05. The lowest BCUT2D eigenvalue weighted by Crippen LogP contribution is -2.12. The van der Waals surface area contributed by atoms with Crippen molar-refractivity contribution in [2.75, 3.05) is 13.7 Å². The molecule has 0 saturated heterocycles. The fourth-order valence-electron chi connectivity index (χ4n) is 1.42. The molecule has 1 aromatic carbocycles. The van der Waals surface area contributed by atoms with E-state index >= 15 is 0 Å². The number of carbonyl (C=O) groups excluding carboxylic acids is 1. The predicted octanol–water partition coefficient (Wildman–Crippen LogP) is 1.90. The third kappa shape index (κ3) is 4.38. The van der Waals surface area contributed by atoms with Crippen molar-refractivity contribution in [2.24, 2.45) is 5.16 Å². The smallest absolute Gasteiger partial charge is 0.312 e. The van der Waals surface area contributed by atoms with Crippen LogP contribution in [0.3, 0.4) is 0 Å². The van der Waals surface area contributed by atoms with Gasteiger partial charge in [-0.15, -0.1) is 0 Å². The van der Waals surface area contributed by atoms with Crippen LogP contribution >= 0.6 is 0 Å². The summed E-state index contributed by atoms with van der Waals surface area (Å²) in [6.45, 7) is 1.98. The number of benzene rings is 1. The van der Waals surface area contributed by atoms with E-state index in [1.165, 1.54) is 31.4 Å². The van der Waals surface area contributed by atoms with Crippen LogP contribution in [-0.2, 0) is 14.4 Å². The van der Waals surface area contributed by atoms with Crippen LogP contribution in [0, 0.1) is 10.1 Å². The highest BCUT2D eigenvalue weighted by Crippen LogP contribution is 2.14. The number of nitro groups is 1. The fourth-order valence-corrected chi connectivity index (χ4v) is 1.42. The van der Waals surface area contributed by atoms with E-state index < -0.39 is 10.9 Å². The summed E-state index contributed by atoms with van der Waals surface area (Å²) in [5, 5.41) is 14.3. The molecule has 7 nitrogen and oxygen atoms in total. The van der Waals surface area contributed by atoms with Crippen LogP contribution in [0.2, 0.25) is 0 Å². The number of oxime groups is 1. The second kappa shape index (κ2) is 7.10. The largest absolute Gasteiger partial charge is 0.466 e. The van der Waals surface area contributed by atoms with Crippen LogP contribution in [0.5, 0.6) is 0 Å². The van der Waals surface area contributed by atoms with Gasteiger partial charge in [0.1, 0.15) is 7.11 Å². The molecule has 0 unspecified atom stereocenters. The van der Waals surface area contributed by atoms with Crippen LogP contribution in [-0.4, -0.2) is 30.3 Å². The Hall–Kier alpha value is -2.44. The Morgan fingerprint density at radius 2 is 2.00 bits per heavy atom. The first-order valence-corrected chi connectivity index (χ1v) is 5.59. The highest BCUT2D eigenvalue weighted by molar-refractivity contribution is 6.09. The molecule has 0 spiro atoms. The van der Waals surface area contributed by atoms with E-state index in [0.29, 0.717) is 11.3 Å². The summed E-state index contributed by atoms with van der Waals surface area (Å²) in [5.74, 6) is -0.434. The summed E-state index contributed by atoms with van der Waals surface area (Å²) in [5.41, 5.74) is 0.896. The Labute approximate surface area is 110 Å². The minimum Gasteiger partial charge on any atom is -0.466 e. The minimum atomic E-state index is -0.498. The molecule has 0 aromatic heterocycles. The Kier molecular flexibility index (Phi) is 5.46. The molecule has 19 heavy (non-hydrogen) atoms. The lowest BCUT2D eigenvalue weighted by molar-refractivity contribution is -0.384. The van der Waals surface area contributed by atoms with Gasteiger partial charge in [-0.3, -0.25) is 14.9 Å². The maximum Gasteiger partial charge on any atom is 0.312 e. The zero-order valence-corrected chi connectivity index (χ0v) is 10.7. The molecule has 0 aliphatic heterocycles. The van der Waals surface area contributed by atoms with Crippen LogP contribution in [0.15, 0.2) is 29.4 Å². The van der Waals surface area contributed by atoms with E-state index in [1.807, 2.05) is 0 Å². The molecule has 0 bridgehead atoms. The van der Waals surface area contributed by atoms with Gasteiger partial charge in [0, 0.05) is 17.7 Å². The van der Waals surface area contributed by atoms with Crippen molar-refractivity contribution in [2.45, 2.75) is 13.3 Å². The highest BCUT2D eigenvalue weighted by atomic mass is 16.6. The molecule has 0 atom stereocenters. The number of hydrogen-bond acceptors (Lipinski definition) is 6. The summed E-state index contributed by atoms with van der Waals surface area (Å²) in [7, 11) is 1.36. The maximum atomic E-state index is 11.4. The first-order chi connectivity index (χ1) is 9.08. The molecular formula is C12H14N2O5. The Morgan fingerprint density at radius 1 is 1.37 bits per heavy atom. The van der Waals surface area contributed by atoms with E-state index in [0.717, 1.165) is 0 Å². The zero-order valence-electron chi connectivity index (χ0n) is 10.7. The topological polar surface area (TPSA) is 91.0 Å². The van der Waals surface area contributed by atoms with Crippen LogP contribution in [0.25, 0.3) is 0 Å². The third-order valence-electron chi connectivity index (χ3n) is 2.23. The molecule has 0 amide bonds. The van der Waals surface area contributed by atoms with E-state index in [2.05, 4.69) is 9.99 Å². The Bertz CT molecular complexity index is 481. The number of rotatable bonds is 6. The van der Waals surface area contributed by atoms with E-state index in [1.54, 1.807) is 6.92 Å². The van der Waals surface area contributed by atoms with Gasteiger partial charge in [-0.2, -0.15) is 0 Å². The van der Waals surface area contributed by atoms with Gasteiger partial charge in [-0.05, 0) is 19.1 Å². The molecule has 102 valence electrons. The second-order valence-corrected chi connectivity index (χ2v) is 3.51. The SMILES string of the molecule is CCOC(=O)C/C(=N\OC)c1ccc([N+](=O)[O-])cc1. The second-order valence-electron chi connectivity index (χ2n) is 3.51. The van der Waals surface area contributed by atoms with Crippen molar-refractivity contribution in [1.29, 1.82) is 0 Å². The van der Waals surface area contributed by atoms with Crippen LogP contribution in [0.4, 0.5) is 5.69 Å². The van der Waals surface area contributed by atoms with Crippen molar-refractivity contribution >= 4 is 17.4 Å². The number of non-ortho nitro benzene ring substituents is 1. The fraction of sp³-hybridized carbons (Fsp3) is 0.333. The molecule has 1 rings (SSSR count). The van der Waals surface area contributed by atoms with E-state index in [9.17, 15) is 14.9 Å². The van der Waals surface area contributed by atoms with E-state index in [-0.39, 0.29) is 18.7 Å². The molecule has 7 heteroatoms. The van der Waals surface area contributed by atoms with Gasteiger partial charge in [0.2, 0.25) is 0 Å².